The highest BCUT2D eigenvalue weighted by molar-refractivity contribution is 6.34. The quantitative estimate of drug-likeness (QED) is 0.644. The van der Waals surface area contributed by atoms with E-state index in [1.165, 1.54) is 4.57 Å². The van der Waals surface area contributed by atoms with Crippen LogP contribution in [-0.4, -0.2) is 22.6 Å². The van der Waals surface area contributed by atoms with Crippen molar-refractivity contribution in [3.63, 3.8) is 0 Å². The number of fused-ring (bicyclic) bond motifs is 3. The van der Waals surface area contributed by atoms with Gasteiger partial charge in [-0.15, -0.1) is 0 Å². The zero-order chi connectivity index (χ0) is 10.4. The van der Waals surface area contributed by atoms with Crippen molar-refractivity contribution in [3.8, 4) is 0 Å². The Bertz CT molecular complexity index is 623. The van der Waals surface area contributed by atoms with Gasteiger partial charge in [-0.25, -0.2) is 4.99 Å². The number of aromatic nitrogens is 1. The van der Waals surface area contributed by atoms with Crippen LogP contribution in [0.15, 0.2) is 35.3 Å². The van der Waals surface area contributed by atoms with Gasteiger partial charge in [-0.1, -0.05) is 18.2 Å². The Morgan fingerprint density at radius 2 is 1.93 bits per heavy atom. The van der Waals surface area contributed by atoms with Crippen LogP contribution in [0.25, 0.3) is 10.9 Å². The van der Waals surface area contributed by atoms with Gasteiger partial charge in [0.05, 0.1) is 11.7 Å². The fourth-order valence-electron chi connectivity index (χ4n) is 1.79. The third-order valence-corrected chi connectivity index (χ3v) is 2.44. The summed E-state index contributed by atoms with van der Waals surface area (Å²) in [6, 6.07) is 9.06. The summed E-state index contributed by atoms with van der Waals surface area (Å²) >= 11 is 0. The topological polar surface area (TPSA) is 51.4 Å². The molecule has 0 N–H and O–H groups in total. The summed E-state index contributed by atoms with van der Waals surface area (Å²) in [5.74, 6) is -0.642. The van der Waals surface area contributed by atoms with Crippen LogP contribution in [0.4, 0.5) is 0 Å². The van der Waals surface area contributed by atoms with E-state index in [1.54, 1.807) is 6.07 Å². The number of para-hydroxylation sites is 1. The van der Waals surface area contributed by atoms with Crippen molar-refractivity contribution in [2.75, 3.05) is 0 Å². The third kappa shape index (κ3) is 0.985. The average molecular weight is 198 g/mol. The number of rotatable bonds is 0. The van der Waals surface area contributed by atoms with Crippen molar-refractivity contribution in [3.05, 3.63) is 36.0 Å². The lowest BCUT2D eigenvalue weighted by atomic mass is 10.2. The first kappa shape index (κ1) is 8.11. The van der Waals surface area contributed by atoms with E-state index in [0.29, 0.717) is 5.69 Å². The van der Waals surface area contributed by atoms with E-state index >= 15 is 0 Å². The summed E-state index contributed by atoms with van der Waals surface area (Å²) in [5, 5.41) is 0.875. The maximum absolute atomic E-state index is 11.6. The van der Waals surface area contributed by atoms with Crippen molar-refractivity contribution >= 4 is 28.9 Å². The van der Waals surface area contributed by atoms with Crippen LogP contribution in [0, 0.1) is 0 Å². The van der Waals surface area contributed by atoms with Crippen molar-refractivity contribution < 1.29 is 9.59 Å². The van der Waals surface area contributed by atoms with Crippen LogP contribution in [0.2, 0.25) is 0 Å². The molecule has 0 aliphatic carbocycles. The van der Waals surface area contributed by atoms with Gasteiger partial charge in [0.1, 0.15) is 5.69 Å². The number of aliphatic imine (C=N–C) groups is 1. The molecule has 2 aromatic rings. The molecule has 1 aliphatic heterocycles. The van der Waals surface area contributed by atoms with Gasteiger partial charge in [-0.05, 0) is 12.1 Å². The summed E-state index contributed by atoms with van der Waals surface area (Å²) in [4.78, 5) is 26.5. The van der Waals surface area contributed by atoms with E-state index in [-0.39, 0.29) is 11.8 Å². The lowest BCUT2D eigenvalue weighted by Gasteiger charge is -2.06. The molecule has 0 radical (unpaired) electrons. The first-order valence-corrected chi connectivity index (χ1v) is 4.50. The highest BCUT2D eigenvalue weighted by Gasteiger charge is 2.22. The minimum atomic E-state index is -0.370. The molecule has 2 heterocycles. The van der Waals surface area contributed by atoms with Gasteiger partial charge in [0.15, 0.2) is 0 Å². The standard InChI is InChI=1S/C11H6N2O2/c14-10-6-12-11(15)9-5-7-3-1-2-4-8(7)13(9)10/h1-6H. The number of hydrogen-bond acceptors (Lipinski definition) is 2. The molecule has 0 saturated heterocycles. The van der Waals surface area contributed by atoms with Crippen molar-refractivity contribution in [2.24, 2.45) is 4.99 Å². The minimum absolute atomic E-state index is 0.272. The third-order valence-electron chi connectivity index (χ3n) is 2.44. The summed E-state index contributed by atoms with van der Waals surface area (Å²) < 4.78 is 1.39. The Balaban J connectivity index is 2.47. The van der Waals surface area contributed by atoms with Crippen LogP contribution in [0.5, 0.6) is 0 Å². The normalized spacial score (nSPS) is 14.7. The second-order valence-corrected chi connectivity index (χ2v) is 3.33. The number of hydrogen-bond donors (Lipinski definition) is 0. The van der Waals surface area contributed by atoms with E-state index < -0.39 is 0 Å². The molecule has 0 atom stereocenters. The molecule has 1 aliphatic rings. The molecule has 0 saturated carbocycles. The monoisotopic (exact) mass is 198 g/mol. The van der Waals surface area contributed by atoms with E-state index in [4.69, 9.17) is 0 Å². The summed E-state index contributed by atoms with van der Waals surface area (Å²) in [5.41, 5.74) is 1.08. The minimum Gasteiger partial charge on any atom is -0.270 e. The van der Waals surface area contributed by atoms with Gasteiger partial charge >= 0.3 is 0 Å². The SMILES string of the molecule is O=C1N=CC(=O)n2c1cc1ccccc12. The van der Waals surface area contributed by atoms with Gasteiger partial charge in [-0.3, -0.25) is 14.2 Å². The van der Waals surface area contributed by atoms with Gasteiger partial charge in [0.2, 0.25) is 0 Å². The van der Waals surface area contributed by atoms with Crippen LogP contribution >= 0.6 is 0 Å². The fraction of sp³-hybridized carbons (Fsp3) is 0. The van der Waals surface area contributed by atoms with Crippen molar-refractivity contribution in [2.45, 2.75) is 0 Å². The summed E-state index contributed by atoms with van der Waals surface area (Å²) in [6.45, 7) is 0. The molecule has 0 bridgehead atoms. The van der Waals surface area contributed by atoms with Gasteiger partial charge < -0.3 is 0 Å². The Labute approximate surface area is 84.8 Å². The number of carbonyl (C=O) groups excluding carboxylic acids is 2. The molecule has 15 heavy (non-hydrogen) atoms. The Morgan fingerprint density at radius 3 is 2.80 bits per heavy atom. The Hall–Kier alpha value is -2.23. The lowest BCUT2D eigenvalue weighted by Crippen LogP contribution is -2.22. The maximum Gasteiger partial charge on any atom is 0.294 e. The molecule has 72 valence electrons. The van der Waals surface area contributed by atoms with Gasteiger partial charge in [-0.2, -0.15) is 0 Å². The largest absolute Gasteiger partial charge is 0.294 e. The molecule has 0 spiro atoms. The molecular formula is C11H6N2O2. The molecular weight excluding hydrogens is 192 g/mol. The molecule has 1 aromatic heterocycles. The van der Waals surface area contributed by atoms with Crippen LogP contribution in [-0.2, 0) is 0 Å². The molecule has 0 fully saturated rings. The predicted octanol–water partition coefficient (Wildman–Crippen LogP) is 1.51. The zero-order valence-electron chi connectivity index (χ0n) is 7.68. The van der Waals surface area contributed by atoms with Crippen LogP contribution < -0.4 is 0 Å². The van der Waals surface area contributed by atoms with E-state index in [1.807, 2.05) is 24.3 Å². The fourth-order valence-corrected chi connectivity index (χ4v) is 1.79. The smallest absolute Gasteiger partial charge is 0.270 e. The van der Waals surface area contributed by atoms with Crippen LogP contribution in [0.3, 0.4) is 0 Å². The molecule has 4 heteroatoms. The van der Waals surface area contributed by atoms with Crippen LogP contribution in [0.1, 0.15) is 15.3 Å². The molecule has 4 nitrogen and oxygen atoms in total. The highest BCUT2D eigenvalue weighted by Crippen LogP contribution is 2.21. The summed E-state index contributed by atoms with van der Waals surface area (Å²) in [6.07, 6.45) is 1.06. The number of amides is 1. The van der Waals surface area contributed by atoms with Crippen molar-refractivity contribution in [1.82, 2.24) is 4.57 Å². The second kappa shape index (κ2) is 2.63. The van der Waals surface area contributed by atoms with E-state index in [0.717, 1.165) is 17.1 Å². The molecule has 0 unspecified atom stereocenters. The van der Waals surface area contributed by atoms with Gasteiger partial charge in [0.25, 0.3) is 11.8 Å². The zero-order valence-corrected chi connectivity index (χ0v) is 7.68. The predicted molar refractivity (Wildman–Crippen MR) is 55.4 cm³/mol. The number of nitrogens with zero attached hydrogens (tertiary/aromatic N) is 2. The van der Waals surface area contributed by atoms with Gasteiger partial charge in [0, 0.05) is 5.39 Å². The average Bonchev–Trinajstić information content (AvgIpc) is 2.64. The Morgan fingerprint density at radius 1 is 1.13 bits per heavy atom. The number of carbonyl (C=O) groups is 2. The molecule has 3 rings (SSSR count). The first-order chi connectivity index (χ1) is 7.27. The lowest BCUT2D eigenvalue weighted by molar-refractivity contribution is 0.0930. The highest BCUT2D eigenvalue weighted by atomic mass is 16.2. The molecule has 1 amide bonds. The van der Waals surface area contributed by atoms with E-state index in [9.17, 15) is 9.59 Å². The maximum atomic E-state index is 11.6. The second-order valence-electron chi connectivity index (χ2n) is 3.33. The molecule has 1 aromatic carbocycles. The Kier molecular flexibility index (Phi) is 1.42. The van der Waals surface area contributed by atoms with E-state index in [2.05, 4.69) is 4.99 Å². The summed E-state index contributed by atoms with van der Waals surface area (Å²) in [7, 11) is 0. The number of benzene rings is 1. The first-order valence-electron chi connectivity index (χ1n) is 4.50. The van der Waals surface area contributed by atoms with Crippen molar-refractivity contribution in [1.29, 1.82) is 0 Å².